The maximum atomic E-state index is 12.9. The molecule has 3 aromatic heterocycles. The third-order valence-electron chi connectivity index (χ3n) is 7.93. The fourth-order valence-corrected chi connectivity index (χ4v) is 5.39. The van der Waals surface area contributed by atoms with E-state index in [9.17, 15) is 4.79 Å². The van der Waals surface area contributed by atoms with Gasteiger partial charge in [0.1, 0.15) is 11.3 Å². The first-order chi connectivity index (χ1) is 21.0. The van der Waals surface area contributed by atoms with Gasteiger partial charge in [-0.05, 0) is 48.5 Å². The Morgan fingerprint density at radius 3 is 2.63 bits per heavy atom. The molecule has 1 amide bonds. The summed E-state index contributed by atoms with van der Waals surface area (Å²) >= 11 is 0. The number of hydrogen-bond acceptors (Lipinski definition) is 12. The largest absolute Gasteiger partial charge is 0.439 e. The van der Waals surface area contributed by atoms with Crippen LogP contribution in [-0.4, -0.2) is 125 Å². The molecule has 0 unspecified atom stereocenters. The van der Waals surface area contributed by atoms with Crippen molar-refractivity contribution >= 4 is 22.8 Å². The van der Waals surface area contributed by atoms with Crippen LogP contribution >= 0.6 is 0 Å². The second kappa shape index (κ2) is 13.5. The lowest BCUT2D eigenvalue weighted by molar-refractivity contribution is 0.0366. The molecule has 3 N–H and O–H groups in total. The number of amides is 1. The molecule has 14 nitrogen and oxygen atoms in total. The molecule has 0 atom stereocenters. The van der Waals surface area contributed by atoms with Gasteiger partial charge in [0.05, 0.1) is 24.9 Å². The molecule has 0 radical (unpaired) electrons. The van der Waals surface area contributed by atoms with Gasteiger partial charge in [-0.3, -0.25) is 9.69 Å². The van der Waals surface area contributed by atoms with Crippen molar-refractivity contribution in [3.8, 4) is 23.1 Å². The summed E-state index contributed by atoms with van der Waals surface area (Å²) in [4.78, 5) is 29.2. The number of carbonyl (C=O) groups excluding carboxylic acids is 1. The van der Waals surface area contributed by atoms with Crippen molar-refractivity contribution in [2.24, 2.45) is 0 Å². The van der Waals surface area contributed by atoms with Crippen molar-refractivity contribution in [1.82, 2.24) is 44.9 Å². The quantitative estimate of drug-likeness (QED) is 0.244. The zero-order valence-corrected chi connectivity index (χ0v) is 24.4. The van der Waals surface area contributed by atoms with Gasteiger partial charge in [0.25, 0.3) is 5.91 Å². The van der Waals surface area contributed by atoms with Crippen LogP contribution in [0.5, 0.6) is 11.6 Å². The number of nitrogen functional groups attached to an aromatic ring is 1. The molecule has 4 aromatic rings. The summed E-state index contributed by atoms with van der Waals surface area (Å²) in [6.45, 7) is 10.5. The standard InChI is InChI=1S/C29H38N10O4/c1-36-8-10-37(11-9-36)7-3-6-31-29(40)21-4-2-5-22(18-21)42-25-19-24-23(20-32-25)33-28(26-27(30)35-43-34-26)39(24)13-12-38-14-16-41-17-15-38/h2,4-5,18-20H,3,6-17H2,1H3,(H2,30,35)(H,31,40). The van der Waals surface area contributed by atoms with E-state index >= 15 is 0 Å². The van der Waals surface area contributed by atoms with E-state index in [1.54, 1.807) is 30.5 Å². The Labute approximate surface area is 249 Å². The summed E-state index contributed by atoms with van der Waals surface area (Å²) in [5.41, 5.74) is 8.41. The van der Waals surface area contributed by atoms with Gasteiger partial charge in [-0.15, -0.1) is 0 Å². The fourth-order valence-electron chi connectivity index (χ4n) is 5.39. The molecule has 5 heterocycles. The molecule has 1 aromatic carbocycles. The molecule has 0 spiro atoms. The number of rotatable bonds is 11. The highest BCUT2D eigenvalue weighted by Crippen LogP contribution is 2.29. The number of nitrogens with one attached hydrogen (secondary N) is 1. The maximum absolute atomic E-state index is 12.9. The minimum Gasteiger partial charge on any atom is -0.439 e. The number of piperazine rings is 1. The first-order valence-corrected chi connectivity index (χ1v) is 14.8. The highest BCUT2D eigenvalue weighted by molar-refractivity contribution is 5.94. The van der Waals surface area contributed by atoms with Crippen LogP contribution in [-0.2, 0) is 11.3 Å². The van der Waals surface area contributed by atoms with Crippen LogP contribution in [0.25, 0.3) is 22.6 Å². The van der Waals surface area contributed by atoms with Gasteiger partial charge in [0.2, 0.25) is 5.88 Å². The molecule has 2 aliphatic rings. The molecule has 2 fully saturated rings. The van der Waals surface area contributed by atoms with Crippen molar-refractivity contribution < 1.29 is 18.9 Å². The number of benzene rings is 1. The van der Waals surface area contributed by atoms with E-state index < -0.39 is 0 Å². The lowest BCUT2D eigenvalue weighted by Gasteiger charge is -2.32. The fraction of sp³-hybridized carbons (Fsp3) is 0.483. The molecule has 2 saturated heterocycles. The first-order valence-electron chi connectivity index (χ1n) is 14.8. The summed E-state index contributed by atoms with van der Waals surface area (Å²) in [6.07, 6.45) is 2.56. The van der Waals surface area contributed by atoms with E-state index in [0.717, 1.165) is 64.3 Å². The average molecular weight is 591 g/mol. The molecule has 0 bridgehead atoms. The second-order valence-corrected chi connectivity index (χ2v) is 10.9. The number of hydrogen-bond donors (Lipinski definition) is 2. The van der Waals surface area contributed by atoms with E-state index in [4.69, 9.17) is 24.8 Å². The third kappa shape index (κ3) is 7.10. The average Bonchev–Trinajstić information content (AvgIpc) is 3.62. The predicted octanol–water partition coefficient (Wildman–Crippen LogP) is 1.56. The second-order valence-electron chi connectivity index (χ2n) is 10.9. The van der Waals surface area contributed by atoms with Gasteiger partial charge in [-0.25, -0.2) is 14.6 Å². The summed E-state index contributed by atoms with van der Waals surface area (Å²) in [5.74, 6) is 1.48. The van der Waals surface area contributed by atoms with Gasteiger partial charge in [-0.2, -0.15) is 0 Å². The Hall–Kier alpha value is -4.11. The van der Waals surface area contributed by atoms with Crippen LogP contribution in [0, 0.1) is 0 Å². The molecule has 6 rings (SSSR count). The summed E-state index contributed by atoms with van der Waals surface area (Å²) in [7, 11) is 2.15. The molecule has 0 saturated carbocycles. The lowest BCUT2D eigenvalue weighted by Crippen LogP contribution is -2.45. The van der Waals surface area contributed by atoms with Crippen LogP contribution in [0.2, 0.25) is 0 Å². The Kier molecular flexibility index (Phi) is 9.07. The van der Waals surface area contributed by atoms with Crippen molar-refractivity contribution in [2.45, 2.75) is 13.0 Å². The van der Waals surface area contributed by atoms with Gasteiger partial charge in [0.15, 0.2) is 17.3 Å². The molecular formula is C29H38N10O4. The molecular weight excluding hydrogens is 552 g/mol. The Balaban J connectivity index is 1.13. The summed E-state index contributed by atoms with van der Waals surface area (Å²) < 4.78 is 18.5. The van der Waals surface area contributed by atoms with Gasteiger partial charge >= 0.3 is 0 Å². The highest BCUT2D eigenvalue weighted by atomic mass is 16.6. The summed E-state index contributed by atoms with van der Waals surface area (Å²) in [5, 5.41) is 10.7. The van der Waals surface area contributed by atoms with E-state index in [2.05, 4.69) is 42.4 Å². The van der Waals surface area contributed by atoms with Gasteiger partial charge in [-0.1, -0.05) is 6.07 Å². The van der Waals surface area contributed by atoms with Crippen LogP contribution in [0.4, 0.5) is 5.82 Å². The number of likely N-dealkylation sites (N-methyl/N-ethyl adjacent to an activating group) is 1. The van der Waals surface area contributed by atoms with Crippen LogP contribution in [0.3, 0.4) is 0 Å². The number of imidazole rings is 1. The third-order valence-corrected chi connectivity index (χ3v) is 7.93. The van der Waals surface area contributed by atoms with Crippen molar-refractivity contribution in [3.05, 3.63) is 42.1 Å². The normalized spacial score (nSPS) is 17.0. The van der Waals surface area contributed by atoms with Crippen LogP contribution < -0.4 is 15.8 Å². The Bertz CT molecular complexity index is 1520. The molecule has 228 valence electrons. The van der Waals surface area contributed by atoms with Crippen LogP contribution in [0.1, 0.15) is 16.8 Å². The number of fused-ring (bicyclic) bond motifs is 1. The predicted molar refractivity (Wildman–Crippen MR) is 160 cm³/mol. The monoisotopic (exact) mass is 590 g/mol. The number of nitrogens with two attached hydrogens (primary N) is 1. The zero-order chi connectivity index (χ0) is 29.6. The molecule has 14 heteroatoms. The Morgan fingerprint density at radius 1 is 1.02 bits per heavy atom. The van der Waals surface area contributed by atoms with Crippen LogP contribution in [0.15, 0.2) is 41.2 Å². The Morgan fingerprint density at radius 2 is 1.84 bits per heavy atom. The minimum absolute atomic E-state index is 0.128. The van der Waals surface area contributed by atoms with E-state index in [0.29, 0.717) is 60.5 Å². The summed E-state index contributed by atoms with van der Waals surface area (Å²) in [6, 6.07) is 8.95. The SMILES string of the molecule is CN1CCN(CCCNC(=O)c2cccc(Oc3cc4c(cn3)nc(-c3nonc3N)n4CCN3CCOCC3)c2)CC1. The van der Waals surface area contributed by atoms with E-state index in [1.807, 2.05) is 10.6 Å². The first kappa shape index (κ1) is 29.0. The molecule has 2 aliphatic heterocycles. The molecule has 43 heavy (non-hydrogen) atoms. The number of pyridine rings is 1. The topological polar surface area (TPSA) is 153 Å². The zero-order valence-electron chi connectivity index (χ0n) is 24.4. The number of ether oxygens (including phenoxy) is 2. The maximum Gasteiger partial charge on any atom is 0.251 e. The number of nitrogens with zero attached hydrogens (tertiary/aromatic N) is 8. The number of anilines is 1. The van der Waals surface area contributed by atoms with Gasteiger partial charge in [0, 0.05) is 70.5 Å². The van der Waals surface area contributed by atoms with Crippen molar-refractivity contribution in [3.63, 3.8) is 0 Å². The minimum atomic E-state index is -0.128. The van der Waals surface area contributed by atoms with Crippen molar-refractivity contribution in [2.75, 3.05) is 84.9 Å². The number of aromatic nitrogens is 5. The number of carbonyl (C=O) groups is 1. The molecule has 0 aliphatic carbocycles. The number of morpholine rings is 1. The smallest absolute Gasteiger partial charge is 0.251 e. The highest BCUT2D eigenvalue weighted by Gasteiger charge is 2.21. The van der Waals surface area contributed by atoms with E-state index in [1.165, 1.54) is 0 Å². The van der Waals surface area contributed by atoms with E-state index in [-0.39, 0.29) is 11.7 Å². The lowest BCUT2D eigenvalue weighted by atomic mass is 10.2. The van der Waals surface area contributed by atoms with Crippen molar-refractivity contribution in [1.29, 1.82) is 0 Å². The van der Waals surface area contributed by atoms with Gasteiger partial charge < -0.3 is 34.9 Å².